The van der Waals surface area contributed by atoms with Crippen molar-refractivity contribution in [2.75, 3.05) is 37.7 Å². The molecule has 2 N–H and O–H groups in total. The molecule has 2 saturated heterocycles. The van der Waals surface area contributed by atoms with Crippen LogP contribution < -0.4 is 15.8 Å². The molecule has 1 atom stereocenters. The van der Waals surface area contributed by atoms with E-state index in [-0.39, 0.29) is 18.2 Å². The second-order valence-electron chi connectivity index (χ2n) is 7.46. The third-order valence-electron chi connectivity index (χ3n) is 5.35. The van der Waals surface area contributed by atoms with Gasteiger partial charge in [0.05, 0.1) is 25.3 Å². The summed E-state index contributed by atoms with van der Waals surface area (Å²) < 4.78 is 5.35. The van der Waals surface area contributed by atoms with Gasteiger partial charge in [0.1, 0.15) is 10.9 Å². The number of likely N-dealkylation sites (tertiary alicyclic amines) is 1. The molecule has 0 spiro atoms. The predicted molar refractivity (Wildman–Crippen MR) is 118 cm³/mol. The van der Waals surface area contributed by atoms with Gasteiger partial charge < -0.3 is 14.5 Å². The lowest BCUT2D eigenvalue weighted by atomic mass is 10.2. The summed E-state index contributed by atoms with van der Waals surface area (Å²) in [7, 11) is 0. The topological polar surface area (TPSA) is 104 Å². The van der Waals surface area contributed by atoms with Crippen molar-refractivity contribution in [3.63, 3.8) is 0 Å². The zero-order chi connectivity index (χ0) is 21.8. The number of morpholine rings is 1. The number of thiazole rings is 1. The van der Waals surface area contributed by atoms with E-state index in [2.05, 4.69) is 20.7 Å². The predicted octanol–water partition coefficient (Wildman–Crippen LogP) is 1.34. The standard InChI is InChI=1S/C20H25N5O4S2/c1-13-17(31-20(21-13)24-7-9-29-10-8-24)19(28)23-22-18(27)15-5-2-6-25(15)16(26)12-14-4-3-11-30-14/h3-4,11,15H,2,5-10,12H2,1H3,(H,22,27)(H,23,28). The maximum atomic E-state index is 12.7. The summed E-state index contributed by atoms with van der Waals surface area (Å²) in [5.41, 5.74) is 5.61. The van der Waals surface area contributed by atoms with Gasteiger partial charge in [0.2, 0.25) is 5.91 Å². The number of aryl methyl sites for hydroxylation is 1. The van der Waals surface area contributed by atoms with Gasteiger partial charge in [0.15, 0.2) is 5.13 Å². The number of hydrogen-bond donors (Lipinski definition) is 2. The lowest BCUT2D eigenvalue weighted by Gasteiger charge is -2.26. The fraction of sp³-hybridized carbons (Fsp3) is 0.500. The molecule has 0 aliphatic carbocycles. The molecule has 11 heteroatoms. The van der Waals surface area contributed by atoms with Crippen LogP contribution in [0.15, 0.2) is 17.5 Å². The van der Waals surface area contributed by atoms with Crippen LogP contribution in [0.4, 0.5) is 5.13 Å². The van der Waals surface area contributed by atoms with Crippen molar-refractivity contribution in [3.05, 3.63) is 33.0 Å². The molecule has 3 amide bonds. The largest absolute Gasteiger partial charge is 0.378 e. The number of rotatable bonds is 5. The monoisotopic (exact) mass is 463 g/mol. The van der Waals surface area contributed by atoms with E-state index in [1.54, 1.807) is 11.8 Å². The lowest BCUT2D eigenvalue weighted by molar-refractivity contribution is -0.138. The first-order valence-corrected chi connectivity index (χ1v) is 11.9. The molecule has 4 heterocycles. The van der Waals surface area contributed by atoms with Gasteiger partial charge in [-0.05, 0) is 31.2 Å². The maximum Gasteiger partial charge on any atom is 0.281 e. The smallest absolute Gasteiger partial charge is 0.281 e. The van der Waals surface area contributed by atoms with E-state index in [0.717, 1.165) is 29.5 Å². The van der Waals surface area contributed by atoms with Gasteiger partial charge >= 0.3 is 0 Å². The zero-order valence-corrected chi connectivity index (χ0v) is 18.9. The maximum absolute atomic E-state index is 12.7. The number of aromatic nitrogens is 1. The van der Waals surface area contributed by atoms with E-state index < -0.39 is 11.9 Å². The Morgan fingerprint density at radius 2 is 2.03 bits per heavy atom. The van der Waals surface area contributed by atoms with Crippen LogP contribution in [0.1, 0.15) is 33.1 Å². The summed E-state index contributed by atoms with van der Waals surface area (Å²) in [6.45, 7) is 5.08. The molecule has 1 unspecified atom stereocenters. The number of hydrogen-bond acceptors (Lipinski definition) is 8. The van der Waals surface area contributed by atoms with E-state index in [4.69, 9.17) is 4.74 Å². The van der Waals surface area contributed by atoms with Gasteiger partial charge in [-0.15, -0.1) is 11.3 Å². The summed E-state index contributed by atoms with van der Waals surface area (Å²) in [4.78, 5) is 47.6. The number of hydrazine groups is 1. The molecule has 9 nitrogen and oxygen atoms in total. The Morgan fingerprint density at radius 1 is 1.23 bits per heavy atom. The van der Waals surface area contributed by atoms with Crippen LogP contribution in [0, 0.1) is 6.92 Å². The van der Waals surface area contributed by atoms with Gasteiger partial charge in [0, 0.05) is 24.5 Å². The van der Waals surface area contributed by atoms with E-state index in [1.165, 1.54) is 22.7 Å². The van der Waals surface area contributed by atoms with Crippen LogP contribution in [-0.4, -0.2) is 66.5 Å². The first-order valence-electron chi connectivity index (χ1n) is 10.2. The third-order valence-corrected chi connectivity index (χ3v) is 7.45. The molecule has 4 rings (SSSR count). The Hall–Kier alpha value is -2.50. The molecule has 31 heavy (non-hydrogen) atoms. The number of nitrogens with one attached hydrogen (secondary N) is 2. The average Bonchev–Trinajstić information content (AvgIpc) is 3.53. The van der Waals surface area contributed by atoms with Crippen molar-refractivity contribution < 1.29 is 19.1 Å². The number of anilines is 1. The van der Waals surface area contributed by atoms with Gasteiger partial charge in [-0.3, -0.25) is 25.2 Å². The van der Waals surface area contributed by atoms with Gasteiger partial charge in [0.25, 0.3) is 11.8 Å². The molecular weight excluding hydrogens is 438 g/mol. The molecule has 2 aromatic rings. The summed E-state index contributed by atoms with van der Waals surface area (Å²) in [6, 6.07) is 3.25. The van der Waals surface area contributed by atoms with Gasteiger partial charge in [-0.2, -0.15) is 0 Å². The van der Waals surface area contributed by atoms with Crippen molar-refractivity contribution >= 4 is 45.5 Å². The number of nitrogens with zero attached hydrogens (tertiary/aromatic N) is 3. The summed E-state index contributed by atoms with van der Waals surface area (Å²) >= 11 is 2.82. The van der Waals surface area contributed by atoms with Crippen LogP contribution >= 0.6 is 22.7 Å². The molecular formula is C20H25N5O4S2. The lowest BCUT2D eigenvalue weighted by Crippen LogP contribution is -2.51. The van der Waals surface area contributed by atoms with E-state index in [9.17, 15) is 14.4 Å². The second-order valence-corrected chi connectivity index (χ2v) is 9.46. The first kappa shape index (κ1) is 21.7. The van der Waals surface area contributed by atoms with Crippen LogP contribution in [0.25, 0.3) is 0 Å². The molecule has 0 radical (unpaired) electrons. The number of amides is 3. The second kappa shape index (κ2) is 9.75. The fourth-order valence-electron chi connectivity index (χ4n) is 3.74. The highest BCUT2D eigenvalue weighted by atomic mass is 32.1. The highest BCUT2D eigenvalue weighted by molar-refractivity contribution is 7.17. The highest BCUT2D eigenvalue weighted by Crippen LogP contribution is 2.26. The Morgan fingerprint density at radius 3 is 2.77 bits per heavy atom. The number of carbonyl (C=O) groups excluding carboxylic acids is 3. The molecule has 166 valence electrons. The Labute approximate surface area is 188 Å². The molecule has 0 bridgehead atoms. The van der Waals surface area contributed by atoms with E-state index >= 15 is 0 Å². The van der Waals surface area contributed by atoms with Gasteiger partial charge in [-0.25, -0.2) is 4.98 Å². The summed E-state index contributed by atoms with van der Waals surface area (Å²) in [5, 5.41) is 2.71. The SMILES string of the molecule is Cc1nc(N2CCOCC2)sc1C(=O)NNC(=O)C1CCCN1C(=O)Cc1cccs1. The molecule has 0 saturated carbocycles. The third kappa shape index (κ3) is 5.05. The van der Waals surface area contributed by atoms with E-state index in [1.807, 2.05) is 17.5 Å². The quantitative estimate of drug-likeness (QED) is 0.649. The van der Waals surface area contributed by atoms with Crippen molar-refractivity contribution in [2.45, 2.75) is 32.2 Å². The van der Waals surface area contributed by atoms with Crippen molar-refractivity contribution in [1.82, 2.24) is 20.7 Å². The van der Waals surface area contributed by atoms with E-state index in [0.29, 0.717) is 36.8 Å². The van der Waals surface area contributed by atoms with Crippen molar-refractivity contribution in [2.24, 2.45) is 0 Å². The van der Waals surface area contributed by atoms with Crippen LogP contribution in [-0.2, 0) is 20.7 Å². The first-order chi connectivity index (χ1) is 15.0. The van der Waals surface area contributed by atoms with Gasteiger partial charge in [-0.1, -0.05) is 17.4 Å². The summed E-state index contributed by atoms with van der Waals surface area (Å²) in [6.07, 6.45) is 1.63. The normalized spacial score (nSPS) is 18.8. The number of ether oxygens (including phenoxy) is 1. The Balaban J connectivity index is 1.33. The summed E-state index contributed by atoms with van der Waals surface area (Å²) in [5.74, 6) is -0.849. The fourth-order valence-corrected chi connectivity index (χ4v) is 5.45. The molecule has 2 aliphatic rings. The minimum absolute atomic E-state index is 0.0696. The molecule has 2 aromatic heterocycles. The molecule has 2 fully saturated rings. The number of thiophene rings is 1. The minimum atomic E-state index is -0.570. The molecule has 2 aliphatic heterocycles. The minimum Gasteiger partial charge on any atom is -0.378 e. The zero-order valence-electron chi connectivity index (χ0n) is 17.3. The van der Waals surface area contributed by atoms with Crippen molar-refractivity contribution in [3.8, 4) is 0 Å². The highest BCUT2D eigenvalue weighted by Gasteiger charge is 2.34. The Kier molecular flexibility index (Phi) is 6.83. The van der Waals surface area contributed by atoms with Crippen LogP contribution in [0.3, 0.4) is 0 Å². The van der Waals surface area contributed by atoms with Crippen LogP contribution in [0.5, 0.6) is 0 Å². The number of carbonyl (C=O) groups is 3. The average molecular weight is 464 g/mol. The molecule has 0 aromatic carbocycles. The van der Waals surface area contributed by atoms with Crippen molar-refractivity contribution in [1.29, 1.82) is 0 Å². The Bertz CT molecular complexity index is 940. The van der Waals surface area contributed by atoms with Crippen LogP contribution in [0.2, 0.25) is 0 Å².